The number of hydrogen-bond donors (Lipinski definition) is 0. The molecule has 5 nitrogen and oxygen atoms in total. The molecule has 0 radical (unpaired) electrons. The summed E-state index contributed by atoms with van der Waals surface area (Å²) in [5.41, 5.74) is 4.70. The number of nitrogens with zero attached hydrogens (tertiary/aromatic N) is 3. The lowest BCUT2D eigenvalue weighted by molar-refractivity contribution is -0.126. The monoisotopic (exact) mass is 443 g/mol. The van der Waals surface area contributed by atoms with Crippen molar-refractivity contribution >= 4 is 17.4 Å². The average Bonchev–Trinajstić information content (AvgIpc) is 2.83. The maximum Gasteiger partial charge on any atom is 0.232 e. The number of ketones is 1. The van der Waals surface area contributed by atoms with Gasteiger partial charge in [-0.3, -0.25) is 19.6 Å². The molecular formula is C28H33N3O2. The summed E-state index contributed by atoms with van der Waals surface area (Å²) < 4.78 is 0. The first-order valence-electron chi connectivity index (χ1n) is 11.4. The highest BCUT2D eigenvalue weighted by Gasteiger charge is 2.29. The molecular weight excluding hydrogens is 410 g/mol. The van der Waals surface area contributed by atoms with Crippen LogP contribution in [0.25, 0.3) is 11.1 Å². The number of carbonyl (C=O) groups is 2. The Kier molecular flexibility index (Phi) is 7.42. The summed E-state index contributed by atoms with van der Waals surface area (Å²) in [6.45, 7) is 9.93. The van der Waals surface area contributed by atoms with Crippen LogP contribution >= 0.6 is 0 Å². The van der Waals surface area contributed by atoms with Crippen LogP contribution < -0.4 is 4.90 Å². The Labute approximate surface area is 196 Å². The Morgan fingerprint density at radius 3 is 2.33 bits per heavy atom. The second-order valence-corrected chi connectivity index (χ2v) is 9.39. The van der Waals surface area contributed by atoms with Crippen LogP contribution in [0.15, 0.2) is 61.1 Å². The van der Waals surface area contributed by atoms with Gasteiger partial charge in [0, 0.05) is 54.6 Å². The molecule has 3 aromatic rings. The van der Waals surface area contributed by atoms with Gasteiger partial charge in [-0.1, -0.05) is 57.5 Å². The molecule has 0 saturated carbocycles. The fraction of sp³-hybridized carbons (Fsp3) is 0.357. The van der Waals surface area contributed by atoms with Gasteiger partial charge in [-0.05, 0) is 42.7 Å². The summed E-state index contributed by atoms with van der Waals surface area (Å²) in [5.74, 6) is -0.0209. The summed E-state index contributed by atoms with van der Waals surface area (Å²) in [6, 6.07) is 13.9. The number of aromatic nitrogens is 2. The summed E-state index contributed by atoms with van der Waals surface area (Å²) in [7, 11) is 1.78. The number of rotatable bonds is 8. The molecule has 1 atom stereocenters. The van der Waals surface area contributed by atoms with Gasteiger partial charge in [-0.25, -0.2) is 0 Å². The van der Waals surface area contributed by atoms with Crippen LogP contribution in [0, 0.1) is 12.3 Å². The number of benzene rings is 2. The highest BCUT2D eigenvalue weighted by atomic mass is 16.2. The first-order chi connectivity index (χ1) is 15.6. The van der Waals surface area contributed by atoms with Crippen molar-refractivity contribution in [2.24, 2.45) is 5.41 Å². The van der Waals surface area contributed by atoms with E-state index in [9.17, 15) is 9.59 Å². The second-order valence-electron chi connectivity index (χ2n) is 9.39. The first-order valence-corrected chi connectivity index (χ1v) is 11.4. The molecule has 2 aromatic carbocycles. The van der Waals surface area contributed by atoms with E-state index in [2.05, 4.69) is 22.1 Å². The molecule has 1 unspecified atom stereocenters. The summed E-state index contributed by atoms with van der Waals surface area (Å²) in [5, 5.41) is 0. The molecule has 33 heavy (non-hydrogen) atoms. The molecule has 1 aromatic heterocycles. The van der Waals surface area contributed by atoms with E-state index < -0.39 is 5.41 Å². The van der Waals surface area contributed by atoms with Crippen LogP contribution in [0.3, 0.4) is 0 Å². The molecule has 5 heteroatoms. The number of carbonyl (C=O) groups excluding carboxylic acids is 2. The summed E-state index contributed by atoms with van der Waals surface area (Å²) in [6.07, 6.45) is 6.01. The smallest absolute Gasteiger partial charge is 0.232 e. The third kappa shape index (κ3) is 5.72. The standard InChI is InChI=1S/C28H33N3O2/c1-7-28(4,5)27(33)31(6)24-16-22(21-10-8-19(2)9-11-21)15-23(17-24)26(32)14-20(3)25-18-29-12-13-30-25/h8-13,15-18,20H,7,14H2,1-6H3. The molecule has 0 aliphatic heterocycles. The highest BCUT2D eigenvalue weighted by Crippen LogP contribution is 2.31. The predicted molar refractivity (Wildman–Crippen MR) is 133 cm³/mol. The van der Waals surface area contributed by atoms with Crippen molar-refractivity contribution in [1.82, 2.24) is 9.97 Å². The van der Waals surface area contributed by atoms with Gasteiger partial charge in [0.05, 0.1) is 5.69 Å². The van der Waals surface area contributed by atoms with Crippen LogP contribution in [0.1, 0.15) is 68.1 Å². The van der Waals surface area contributed by atoms with E-state index in [1.165, 1.54) is 5.56 Å². The third-order valence-electron chi connectivity index (χ3n) is 6.36. The van der Waals surface area contributed by atoms with E-state index in [0.717, 1.165) is 28.9 Å². The Balaban J connectivity index is 2.00. The lowest BCUT2D eigenvalue weighted by Crippen LogP contribution is -2.38. The molecule has 0 saturated heterocycles. The third-order valence-corrected chi connectivity index (χ3v) is 6.36. The Morgan fingerprint density at radius 2 is 1.73 bits per heavy atom. The number of hydrogen-bond acceptors (Lipinski definition) is 4. The van der Waals surface area contributed by atoms with Crippen molar-refractivity contribution in [2.45, 2.75) is 53.4 Å². The van der Waals surface area contributed by atoms with E-state index in [-0.39, 0.29) is 17.6 Å². The highest BCUT2D eigenvalue weighted by molar-refractivity contribution is 6.02. The van der Waals surface area contributed by atoms with E-state index in [1.807, 2.05) is 65.0 Å². The number of aryl methyl sites for hydroxylation is 1. The number of Topliss-reactive ketones (excluding diaryl/α,β-unsaturated/α-hetero) is 1. The zero-order chi connectivity index (χ0) is 24.2. The van der Waals surface area contributed by atoms with Crippen molar-refractivity contribution in [3.05, 3.63) is 77.9 Å². The molecule has 0 bridgehead atoms. The van der Waals surface area contributed by atoms with Crippen molar-refractivity contribution < 1.29 is 9.59 Å². The molecule has 0 aliphatic rings. The largest absolute Gasteiger partial charge is 0.315 e. The minimum absolute atomic E-state index is 0.0129. The predicted octanol–water partition coefficient (Wildman–Crippen LogP) is 6.23. The van der Waals surface area contributed by atoms with Gasteiger partial charge in [-0.2, -0.15) is 0 Å². The first kappa shape index (κ1) is 24.3. The van der Waals surface area contributed by atoms with Gasteiger partial charge in [0.1, 0.15) is 0 Å². The van der Waals surface area contributed by atoms with Crippen LogP contribution in [0.5, 0.6) is 0 Å². The zero-order valence-corrected chi connectivity index (χ0v) is 20.4. The van der Waals surface area contributed by atoms with E-state index >= 15 is 0 Å². The van der Waals surface area contributed by atoms with Gasteiger partial charge in [0.15, 0.2) is 5.78 Å². The minimum Gasteiger partial charge on any atom is -0.315 e. The quantitative estimate of drug-likeness (QED) is 0.387. The SMILES string of the molecule is CCC(C)(C)C(=O)N(C)c1cc(C(=O)CC(C)c2cnccn2)cc(-c2ccc(C)cc2)c1. The lowest BCUT2D eigenvalue weighted by Gasteiger charge is -2.29. The molecule has 0 spiro atoms. The second kappa shape index (κ2) is 10.1. The molecule has 1 heterocycles. The van der Waals surface area contributed by atoms with Crippen LogP contribution in [-0.2, 0) is 4.79 Å². The molecule has 0 N–H and O–H groups in total. The van der Waals surface area contributed by atoms with Gasteiger partial charge >= 0.3 is 0 Å². The van der Waals surface area contributed by atoms with Gasteiger partial charge in [-0.15, -0.1) is 0 Å². The van der Waals surface area contributed by atoms with Gasteiger partial charge in [0.2, 0.25) is 5.91 Å². The van der Waals surface area contributed by atoms with E-state index in [1.54, 1.807) is 30.5 Å². The Bertz CT molecular complexity index is 1120. The minimum atomic E-state index is -0.487. The Morgan fingerprint density at radius 1 is 1.03 bits per heavy atom. The summed E-state index contributed by atoms with van der Waals surface area (Å²) >= 11 is 0. The molecule has 1 amide bonds. The Hall–Kier alpha value is -3.34. The van der Waals surface area contributed by atoms with Crippen LogP contribution in [0.4, 0.5) is 5.69 Å². The topological polar surface area (TPSA) is 63.2 Å². The van der Waals surface area contributed by atoms with Crippen molar-refractivity contribution in [2.75, 3.05) is 11.9 Å². The summed E-state index contributed by atoms with van der Waals surface area (Å²) in [4.78, 5) is 36.6. The fourth-order valence-electron chi connectivity index (χ4n) is 3.67. The lowest BCUT2D eigenvalue weighted by atomic mass is 9.88. The average molecular weight is 444 g/mol. The maximum absolute atomic E-state index is 13.3. The van der Waals surface area contributed by atoms with Crippen molar-refractivity contribution in [3.8, 4) is 11.1 Å². The van der Waals surface area contributed by atoms with E-state index in [0.29, 0.717) is 12.0 Å². The van der Waals surface area contributed by atoms with Crippen molar-refractivity contribution in [3.63, 3.8) is 0 Å². The fourth-order valence-corrected chi connectivity index (χ4v) is 3.67. The molecule has 0 fully saturated rings. The zero-order valence-electron chi connectivity index (χ0n) is 20.4. The van der Waals surface area contributed by atoms with Crippen molar-refractivity contribution in [1.29, 1.82) is 0 Å². The molecule has 0 aliphatic carbocycles. The van der Waals surface area contributed by atoms with Gasteiger partial charge in [0.25, 0.3) is 0 Å². The van der Waals surface area contributed by atoms with E-state index in [4.69, 9.17) is 0 Å². The number of anilines is 1. The van der Waals surface area contributed by atoms with Crippen LogP contribution in [0.2, 0.25) is 0 Å². The molecule has 172 valence electrons. The normalized spacial score (nSPS) is 12.3. The molecule has 3 rings (SSSR count). The number of amides is 1. The van der Waals surface area contributed by atoms with Gasteiger partial charge < -0.3 is 4.90 Å². The van der Waals surface area contributed by atoms with Crippen LogP contribution in [-0.4, -0.2) is 28.7 Å². The maximum atomic E-state index is 13.3.